The van der Waals surface area contributed by atoms with Gasteiger partial charge in [-0.15, -0.1) is 0 Å². The van der Waals surface area contributed by atoms with E-state index in [1.54, 1.807) is 39.0 Å². The second-order valence-electron chi connectivity index (χ2n) is 4.77. The van der Waals surface area contributed by atoms with E-state index in [1.165, 1.54) is 0 Å². The Balaban J connectivity index is 2.29. The first-order chi connectivity index (χ1) is 11.4. The molecule has 132 valence electrons. The van der Waals surface area contributed by atoms with Crippen molar-refractivity contribution in [3.8, 4) is 0 Å². The van der Waals surface area contributed by atoms with Crippen molar-refractivity contribution >= 4 is 36.9 Å². The maximum atomic E-state index is 12.8. The standard InChI is InChI=1S/C15H20NO6PS/c1-4-20-14(18)10-7-8-12-11(9-10)16-13(17)15(24-12)23(19,21-5-2)22-6-3/h7-9,15H,4-6H2,1-3H3,(H,16,17). The Hall–Kier alpha value is -1.34. The number of fused-ring (bicyclic) bond motifs is 1. The summed E-state index contributed by atoms with van der Waals surface area (Å²) in [5, 5.41) is 2.67. The third kappa shape index (κ3) is 4.00. The van der Waals surface area contributed by atoms with Gasteiger partial charge in [0.05, 0.1) is 31.1 Å². The Bertz CT molecular complexity index is 670. The Morgan fingerprint density at radius 3 is 2.46 bits per heavy atom. The van der Waals surface area contributed by atoms with Crippen LogP contribution in [-0.4, -0.2) is 36.7 Å². The SMILES string of the molecule is CCOC(=O)c1ccc2c(c1)NC(=O)C(P(=O)(OCC)OCC)S2. The number of hydrogen-bond acceptors (Lipinski definition) is 7. The van der Waals surface area contributed by atoms with E-state index in [2.05, 4.69) is 5.32 Å². The molecular formula is C15H20NO6PS. The van der Waals surface area contributed by atoms with Crippen LogP contribution in [0.25, 0.3) is 0 Å². The molecule has 0 bridgehead atoms. The molecular weight excluding hydrogens is 353 g/mol. The molecule has 1 unspecified atom stereocenters. The van der Waals surface area contributed by atoms with Gasteiger partial charge in [-0.25, -0.2) is 4.79 Å². The molecule has 1 aliphatic rings. The number of nitrogens with one attached hydrogen (secondary N) is 1. The van der Waals surface area contributed by atoms with Crippen LogP contribution in [0.5, 0.6) is 0 Å². The molecule has 1 aromatic carbocycles. The Morgan fingerprint density at radius 2 is 1.88 bits per heavy atom. The lowest BCUT2D eigenvalue weighted by atomic mass is 10.2. The zero-order chi connectivity index (χ0) is 17.7. The fourth-order valence-corrected chi connectivity index (χ4v) is 5.61. The summed E-state index contributed by atoms with van der Waals surface area (Å²) in [7, 11) is -3.59. The van der Waals surface area contributed by atoms with Crippen molar-refractivity contribution in [3.05, 3.63) is 23.8 Å². The van der Waals surface area contributed by atoms with Crippen LogP contribution in [0.1, 0.15) is 31.1 Å². The number of hydrogen-bond donors (Lipinski definition) is 1. The largest absolute Gasteiger partial charge is 0.462 e. The first kappa shape index (κ1) is 19.0. The number of carbonyl (C=O) groups excluding carboxylic acids is 2. The monoisotopic (exact) mass is 373 g/mol. The number of ether oxygens (including phenoxy) is 1. The van der Waals surface area contributed by atoms with Crippen LogP contribution < -0.4 is 5.32 Å². The van der Waals surface area contributed by atoms with E-state index in [-0.39, 0.29) is 19.8 Å². The van der Waals surface area contributed by atoms with E-state index in [4.69, 9.17) is 13.8 Å². The van der Waals surface area contributed by atoms with E-state index in [0.717, 1.165) is 11.8 Å². The van der Waals surface area contributed by atoms with E-state index in [0.29, 0.717) is 16.1 Å². The molecule has 0 aromatic heterocycles. The molecule has 1 amide bonds. The van der Waals surface area contributed by atoms with Crippen molar-refractivity contribution in [2.45, 2.75) is 30.7 Å². The third-order valence-corrected chi connectivity index (χ3v) is 7.30. The third-order valence-electron chi connectivity index (χ3n) is 3.12. The van der Waals surface area contributed by atoms with E-state index < -0.39 is 24.5 Å². The lowest BCUT2D eigenvalue weighted by Gasteiger charge is -2.29. The van der Waals surface area contributed by atoms with Gasteiger partial charge in [0.2, 0.25) is 5.91 Å². The van der Waals surface area contributed by atoms with Crippen molar-refractivity contribution in [1.29, 1.82) is 0 Å². The topological polar surface area (TPSA) is 90.9 Å². The van der Waals surface area contributed by atoms with Gasteiger partial charge in [-0.05, 0) is 39.0 Å². The molecule has 2 rings (SSSR count). The molecule has 1 aliphatic heterocycles. The highest BCUT2D eigenvalue weighted by Gasteiger charge is 2.44. The first-order valence-electron chi connectivity index (χ1n) is 7.62. The minimum absolute atomic E-state index is 0.177. The molecule has 0 spiro atoms. The molecule has 7 nitrogen and oxygen atoms in total. The number of amides is 1. The number of anilines is 1. The average Bonchev–Trinajstić information content (AvgIpc) is 2.54. The summed E-state index contributed by atoms with van der Waals surface area (Å²) in [6, 6.07) is 4.83. The van der Waals surface area contributed by atoms with Gasteiger partial charge in [0.1, 0.15) is 0 Å². The van der Waals surface area contributed by atoms with Crippen molar-refractivity contribution in [3.63, 3.8) is 0 Å². The van der Waals surface area contributed by atoms with Crippen LogP contribution in [0.15, 0.2) is 23.1 Å². The van der Waals surface area contributed by atoms with E-state index in [9.17, 15) is 14.2 Å². The van der Waals surface area contributed by atoms with Gasteiger partial charge in [0, 0.05) is 4.90 Å². The fraction of sp³-hybridized carbons (Fsp3) is 0.467. The Kier molecular flexibility index (Phi) is 6.46. The van der Waals surface area contributed by atoms with Crippen molar-refractivity contribution in [2.24, 2.45) is 0 Å². The van der Waals surface area contributed by atoms with Gasteiger partial charge in [0.25, 0.3) is 0 Å². The quantitative estimate of drug-likeness (QED) is 0.578. The lowest BCUT2D eigenvalue weighted by molar-refractivity contribution is -0.114. The molecule has 1 heterocycles. The van der Waals surface area contributed by atoms with Crippen LogP contribution in [-0.2, 0) is 23.1 Å². The molecule has 1 atom stereocenters. The Morgan fingerprint density at radius 1 is 1.21 bits per heavy atom. The van der Waals surface area contributed by atoms with Gasteiger partial charge < -0.3 is 19.1 Å². The molecule has 0 radical (unpaired) electrons. The summed E-state index contributed by atoms with van der Waals surface area (Å²) >= 11 is 1.11. The predicted molar refractivity (Wildman–Crippen MR) is 91.5 cm³/mol. The second kappa shape index (κ2) is 8.16. The van der Waals surface area contributed by atoms with Crippen LogP contribution in [0, 0.1) is 0 Å². The summed E-state index contributed by atoms with van der Waals surface area (Å²) in [5.41, 5.74) is 0.819. The number of carbonyl (C=O) groups is 2. The molecule has 1 aromatic rings. The lowest BCUT2D eigenvalue weighted by Crippen LogP contribution is -2.30. The summed E-state index contributed by atoms with van der Waals surface area (Å²) < 4.78 is 28.3. The number of thioether (sulfide) groups is 1. The summed E-state index contributed by atoms with van der Waals surface area (Å²) in [5.74, 6) is -0.935. The van der Waals surface area contributed by atoms with E-state index in [1.807, 2.05) is 0 Å². The Labute approximate surface area is 145 Å². The van der Waals surface area contributed by atoms with Crippen LogP contribution in [0.4, 0.5) is 5.69 Å². The highest BCUT2D eigenvalue weighted by atomic mass is 32.2. The van der Waals surface area contributed by atoms with Crippen LogP contribution in [0.3, 0.4) is 0 Å². The normalized spacial score (nSPS) is 17.1. The van der Waals surface area contributed by atoms with Crippen molar-refractivity contribution < 1.29 is 27.9 Å². The molecule has 0 fully saturated rings. The highest BCUT2D eigenvalue weighted by molar-refractivity contribution is 8.06. The summed E-state index contributed by atoms with van der Waals surface area (Å²) in [4.78, 5) is 23.9. The predicted octanol–water partition coefficient (Wildman–Crippen LogP) is 3.50. The molecule has 9 heteroatoms. The average molecular weight is 373 g/mol. The zero-order valence-corrected chi connectivity index (χ0v) is 15.4. The molecule has 0 saturated heterocycles. The van der Waals surface area contributed by atoms with E-state index >= 15 is 0 Å². The summed E-state index contributed by atoms with van der Waals surface area (Å²) in [6.45, 7) is 5.72. The first-order valence-corrected chi connectivity index (χ1v) is 10.1. The molecule has 0 aliphatic carbocycles. The molecule has 0 saturated carbocycles. The molecule has 24 heavy (non-hydrogen) atoms. The van der Waals surface area contributed by atoms with Crippen molar-refractivity contribution in [2.75, 3.05) is 25.1 Å². The fourth-order valence-electron chi connectivity index (χ4n) is 2.18. The smallest absolute Gasteiger partial charge is 0.353 e. The van der Waals surface area contributed by atoms with Gasteiger partial charge in [-0.2, -0.15) is 0 Å². The van der Waals surface area contributed by atoms with Crippen LogP contribution in [0.2, 0.25) is 0 Å². The zero-order valence-electron chi connectivity index (χ0n) is 13.7. The molecule has 1 N–H and O–H groups in total. The number of rotatable bonds is 7. The van der Waals surface area contributed by atoms with Gasteiger partial charge in [-0.1, -0.05) is 11.8 Å². The second-order valence-corrected chi connectivity index (χ2v) is 8.38. The number of benzene rings is 1. The number of esters is 1. The maximum Gasteiger partial charge on any atom is 0.353 e. The van der Waals surface area contributed by atoms with Gasteiger partial charge in [0.15, 0.2) is 4.99 Å². The van der Waals surface area contributed by atoms with Crippen molar-refractivity contribution in [1.82, 2.24) is 0 Å². The minimum atomic E-state index is -3.59. The summed E-state index contributed by atoms with van der Waals surface area (Å²) in [6.07, 6.45) is 0. The van der Waals surface area contributed by atoms with Gasteiger partial charge in [-0.3, -0.25) is 9.36 Å². The van der Waals surface area contributed by atoms with Gasteiger partial charge >= 0.3 is 13.6 Å². The maximum absolute atomic E-state index is 12.8. The highest BCUT2D eigenvalue weighted by Crippen LogP contribution is 2.60. The minimum Gasteiger partial charge on any atom is -0.462 e. The van der Waals surface area contributed by atoms with Crippen LogP contribution >= 0.6 is 19.4 Å².